The van der Waals surface area contributed by atoms with Gasteiger partial charge >= 0.3 is 0 Å². The highest BCUT2D eigenvalue weighted by molar-refractivity contribution is 5.58. The van der Waals surface area contributed by atoms with Crippen LogP contribution >= 0.6 is 0 Å². The summed E-state index contributed by atoms with van der Waals surface area (Å²) < 4.78 is 6.03. The van der Waals surface area contributed by atoms with Gasteiger partial charge in [-0.05, 0) is 50.2 Å². The fourth-order valence-electron chi connectivity index (χ4n) is 4.04. The van der Waals surface area contributed by atoms with Gasteiger partial charge in [0.1, 0.15) is 24.1 Å². The first-order chi connectivity index (χ1) is 15.0. The lowest BCUT2D eigenvalue weighted by atomic mass is 10.2. The molecule has 3 unspecified atom stereocenters. The topological polar surface area (TPSA) is 97.0 Å². The quantitative estimate of drug-likeness (QED) is 0.585. The van der Waals surface area contributed by atoms with Crippen LogP contribution in [0.1, 0.15) is 13.8 Å². The maximum Gasteiger partial charge on any atom is 0.159 e. The van der Waals surface area contributed by atoms with Crippen LogP contribution in [0.15, 0.2) is 84.9 Å². The Morgan fingerprint density at radius 3 is 1.77 bits per heavy atom. The SMILES string of the molecule is CC(C)N1C(N)N(c2ccccc2)C(N)N(c2cccc(Oc3ccccc3)c2)C1N. The highest BCUT2D eigenvalue weighted by Crippen LogP contribution is 2.33. The molecule has 6 N–H and O–H groups in total. The van der Waals surface area contributed by atoms with Gasteiger partial charge in [0.05, 0.1) is 0 Å². The molecule has 0 aliphatic carbocycles. The van der Waals surface area contributed by atoms with Gasteiger partial charge in [0, 0.05) is 23.5 Å². The highest BCUT2D eigenvalue weighted by atomic mass is 16.5. The number of para-hydroxylation sites is 2. The number of rotatable bonds is 5. The van der Waals surface area contributed by atoms with Gasteiger partial charge in [0.25, 0.3) is 0 Å². The Labute approximate surface area is 183 Å². The highest BCUT2D eigenvalue weighted by Gasteiger charge is 2.43. The lowest BCUT2D eigenvalue weighted by molar-refractivity contribution is 0.0528. The molecule has 1 heterocycles. The average Bonchev–Trinajstić information content (AvgIpc) is 2.75. The minimum atomic E-state index is -0.561. The van der Waals surface area contributed by atoms with Gasteiger partial charge in [-0.1, -0.05) is 42.5 Å². The molecule has 31 heavy (non-hydrogen) atoms. The maximum atomic E-state index is 6.76. The number of hydrogen-bond acceptors (Lipinski definition) is 7. The molecule has 1 aliphatic rings. The molecular formula is C24H30N6O. The van der Waals surface area contributed by atoms with Crippen LogP contribution in [0.3, 0.4) is 0 Å². The van der Waals surface area contributed by atoms with Crippen LogP contribution < -0.4 is 31.7 Å². The number of ether oxygens (including phenoxy) is 1. The van der Waals surface area contributed by atoms with E-state index >= 15 is 0 Å². The Morgan fingerprint density at radius 2 is 1.16 bits per heavy atom. The molecule has 4 rings (SSSR count). The standard InChI is InChI=1S/C24H30N6O/c1-17(2)28-22(25)29(18-10-5-3-6-11-18)24(27)30(23(28)26)19-12-9-15-21(16-19)31-20-13-7-4-8-14-20/h3-17,22-24H,25-27H2,1-2H3. The van der Waals surface area contributed by atoms with E-state index in [1.807, 2.05) is 99.6 Å². The summed E-state index contributed by atoms with van der Waals surface area (Å²) in [6.07, 6.45) is -1.53. The molecule has 3 aromatic carbocycles. The fraction of sp³-hybridized carbons (Fsp3) is 0.250. The van der Waals surface area contributed by atoms with Gasteiger partial charge in [-0.15, -0.1) is 0 Å². The van der Waals surface area contributed by atoms with Gasteiger partial charge in [-0.2, -0.15) is 0 Å². The summed E-state index contributed by atoms with van der Waals surface area (Å²) in [6, 6.07) is 27.5. The number of hydrogen-bond donors (Lipinski definition) is 3. The van der Waals surface area contributed by atoms with Crippen molar-refractivity contribution in [3.63, 3.8) is 0 Å². The number of anilines is 2. The van der Waals surface area contributed by atoms with Gasteiger partial charge < -0.3 is 14.5 Å². The Balaban J connectivity index is 1.71. The third kappa shape index (κ3) is 4.22. The average molecular weight is 419 g/mol. The van der Waals surface area contributed by atoms with E-state index < -0.39 is 18.9 Å². The van der Waals surface area contributed by atoms with Crippen molar-refractivity contribution in [1.82, 2.24) is 4.90 Å². The van der Waals surface area contributed by atoms with Crippen molar-refractivity contribution in [3.8, 4) is 11.5 Å². The molecular weight excluding hydrogens is 388 g/mol. The Hall–Kier alpha value is -3.10. The summed E-state index contributed by atoms with van der Waals surface area (Å²) >= 11 is 0. The first kappa shape index (κ1) is 21.1. The fourth-order valence-corrected chi connectivity index (χ4v) is 4.04. The summed E-state index contributed by atoms with van der Waals surface area (Å²) in [6.45, 7) is 4.15. The first-order valence-electron chi connectivity index (χ1n) is 10.5. The second kappa shape index (κ2) is 8.95. The molecule has 0 bridgehead atoms. The van der Waals surface area contributed by atoms with Crippen molar-refractivity contribution in [2.45, 2.75) is 38.8 Å². The van der Waals surface area contributed by atoms with Gasteiger partial charge in [-0.3, -0.25) is 17.2 Å². The molecule has 0 aromatic heterocycles. The van der Waals surface area contributed by atoms with Crippen LogP contribution in [-0.2, 0) is 0 Å². The van der Waals surface area contributed by atoms with Gasteiger partial charge in [0.2, 0.25) is 0 Å². The second-order valence-corrected chi connectivity index (χ2v) is 7.84. The minimum Gasteiger partial charge on any atom is -0.457 e. The Kier molecular flexibility index (Phi) is 6.11. The van der Waals surface area contributed by atoms with E-state index in [0.29, 0.717) is 5.75 Å². The zero-order valence-electron chi connectivity index (χ0n) is 17.9. The predicted octanol–water partition coefficient (Wildman–Crippen LogP) is 3.24. The summed E-state index contributed by atoms with van der Waals surface area (Å²) in [7, 11) is 0. The van der Waals surface area contributed by atoms with E-state index in [0.717, 1.165) is 17.1 Å². The zero-order chi connectivity index (χ0) is 22.0. The summed E-state index contributed by atoms with van der Waals surface area (Å²) in [5.74, 6) is 1.48. The van der Waals surface area contributed by atoms with E-state index in [-0.39, 0.29) is 6.04 Å². The predicted molar refractivity (Wildman–Crippen MR) is 125 cm³/mol. The molecule has 7 heteroatoms. The van der Waals surface area contributed by atoms with Crippen LogP contribution in [0.4, 0.5) is 11.4 Å². The van der Waals surface area contributed by atoms with Crippen molar-refractivity contribution in [2.24, 2.45) is 17.2 Å². The Bertz CT molecular complexity index is 984. The third-order valence-electron chi connectivity index (χ3n) is 5.50. The largest absolute Gasteiger partial charge is 0.457 e. The smallest absolute Gasteiger partial charge is 0.159 e. The van der Waals surface area contributed by atoms with Gasteiger partial charge in [-0.25, -0.2) is 4.90 Å². The molecule has 3 atom stereocenters. The molecule has 1 saturated heterocycles. The maximum absolute atomic E-state index is 6.76. The normalized spacial score (nSPS) is 22.1. The molecule has 0 spiro atoms. The van der Waals surface area contributed by atoms with E-state index in [4.69, 9.17) is 21.9 Å². The van der Waals surface area contributed by atoms with E-state index in [9.17, 15) is 0 Å². The molecule has 0 saturated carbocycles. The molecule has 0 amide bonds. The van der Waals surface area contributed by atoms with E-state index in [2.05, 4.69) is 13.8 Å². The molecule has 7 nitrogen and oxygen atoms in total. The van der Waals surface area contributed by atoms with Crippen molar-refractivity contribution in [2.75, 3.05) is 9.80 Å². The lowest BCUT2D eigenvalue weighted by Crippen LogP contribution is -2.79. The van der Waals surface area contributed by atoms with Crippen LogP contribution in [0, 0.1) is 0 Å². The van der Waals surface area contributed by atoms with Crippen LogP contribution in [0.5, 0.6) is 11.5 Å². The van der Waals surface area contributed by atoms with Crippen molar-refractivity contribution >= 4 is 11.4 Å². The minimum absolute atomic E-state index is 0.106. The van der Waals surface area contributed by atoms with Crippen molar-refractivity contribution < 1.29 is 4.74 Å². The third-order valence-corrected chi connectivity index (χ3v) is 5.50. The number of nitrogens with zero attached hydrogens (tertiary/aromatic N) is 3. The van der Waals surface area contributed by atoms with Gasteiger partial charge in [0.15, 0.2) is 6.29 Å². The molecule has 0 radical (unpaired) electrons. The lowest BCUT2D eigenvalue weighted by Gasteiger charge is -2.56. The zero-order valence-corrected chi connectivity index (χ0v) is 17.9. The summed E-state index contributed by atoms with van der Waals surface area (Å²) in [4.78, 5) is 5.99. The van der Waals surface area contributed by atoms with Crippen molar-refractivity contribution in [3.05, 3.63) is 84.9 Å². The monoisotopic (exact) mass is 418 g/mol. The number of benzene rings is 3. The molecule has 1 fully saturated rings. The Morgan fingerprint density at radius 1 is 0.645 bits per heavy atom. The number of nitrogens with two attached hydrogens (primary N) is 3. The van der Waals surface area contributed by atoms with Crippen LogP contribution in [-0.4, -0.2) is 29.8 Å². The van der Waals surface area contributed by atoms with Crippen LogP contribution in [0.2, 0.25) is 0 Å². The first-order valence-corrected chi connectivity index (χ1v) is 10.5. The molecule has 1 aliphatic heterocycles. The van der Waals surface area contributed by atoms with E-state index in [1.165, 1.54) is 0 Å². The van der Waals surface area contributed by atoms with Crippen LogP contribution in [0.25, 0.3) is 0 Å². The molecule has 3 aromatic rings. The van der Waals surface area contributed by atoms with Crippen molar-refractivity contribution in [1.29, 1.82) is 0 Å². The summed E-state index contributed by atoms with van der Waals surface area (Å²) in [5, 5.41) is 0. The summed E-state index contributed by atoms with van der Waals surface area (Å²) in [5.41, 5.74) is 21.9. The van der Waals surface area contributed by atoms with E-state index in [1.54, 1.807) is 0 Å². The second-order valence-electron chi connectivity index (χ2n) is 7.84. The molecule has 162 valence electrons.